The van der Waals surface area contributed by atoms with Gasteiger partial charge in [-0.05, 0) is 31.2 Å². The van der Waals surface area contributed by atoms with Gasteiger partial charge in [0, 0.05) is 5.69 Å². The summed E-state index contributed by atoms with van der Waals surface area (Å²) in [6, 6.07) is 11.5. The van der Waals surface area contributed by atoms with Crippen molar-refractivity contribution in [2.45, 2.75) is 13.5 Å². The number of nitrogens with zero attached hydrogens (tertiary/aromatic N) is 2. The summed E-state index contributed by atoms with van der Waals surface area (Å²) in [7, 11) is 0. The number of hydrogen-bond acceptors (Lipinski definition) is 5. The Bertz CT molecular complexity index is 498. The van der Waals surface area contributed by atoms with E-state index in [0.29, 0.717) is 12.4 Å². The van der Waals surface area contributed by atoms with Gasteiger partial charge < -0.3 is 10.7 Å². The zero-order valence-electron chi connectivity index (χ0n) is 9.64. The molecule has 2 rings (SSSR count). The van der Waals surface area contributed by atoms with Crippen molar-refractivity contribution in [1.29, 1.82) is 0 Å². The largest absolute Gasteiger partial charge is 0.364 e. The molecule has 0 saturated heterocycles. The highest BCUT2D eigenvalue weighted by Crippen LogP contribution is 2.09. The van der Waals surface area contributed by atoms with Gasteiger partial charge in [-0.2, -0.15) is 0 Å². The molecule has 5 heteroatoms. The van der Waals surface area contributed by atoms with Gasteiger partial charge in [0.05, 0.1) is 12.2 Å². The second-order valence-electron chi connectivity index (χ2n) is 3.68. The number of nitrogen functional groups attached to an aromatic ring is 1. The molecule has 0 aliphatic carbocycles. The Morgan fingerprint density at radius 1 is 1.06 bits per heavy atom. The number of hydrazine groups is 1. The molecule has 17 heavy (non-hydrogen) atoms. The van der Waals surface area contributed by atoms with Crippen LogP contribution in [0.3, 0.4) is 0 Å². The van der Waals surface area contributed by atoms with Gasteiger partial charge in [-0.15, -0.1) is 0 Å². The molecule has 4 N–H and O–H groups in total. The first-order chi connectivity index (χ1) is 8.28. The summed E-state index contributed by atoms with van der Waals surface area (Å²) in [6.45, 7) is 2.61. The monoisotopic (exact) mass is 229 g/mol. The number of hydrogen-bond donors (Lipinski definition) is 3. The van der Waals surface area contributed by atoms with Crippen LogP contribution in [0.1, 0.15) is 11.4 Å². The van der Waals surface area contributed by atoms with Gasteiger partial charge >= 0.3 is 0 Å². The first kappa shape index (κ1) is 11.3. The summed E-state index contributed by atoms with van der Waals surface area (Å²) in [5.74, 6) is 6.69. The summed E-state index contributed by atoms with van der Waals surface area (Å²) in [4.78, 5) is 8.65. The molecule has 5 nitrogen and oxygen atoms in total. The van der Waals surface area contributed by atoms with Crippen molar-refractivity contribution >= 4 is 11.6 Å². The van der Waals surface area contributed by atoms with Gasteiger partial charge in [-0.3, -0.25) is 4.98 Å². The lowest BCUT2D eigenvalue weighted by molar-refractivity contribution is 1.00. The number of aromatic nitrogens is 2. The van der Waals surface area contributed by atoms with E-state index in [1.54, 1.807) is 6.07 Å². The van der Waals surface area contributed by atoms with E-state index < -0.39 is 0 Å². The van der Waals surface area contributed by atoms with Crippen LogP contribution in [0.15, 0.2) is 36.4 Å². The fourth-order valence-corrected chi connectivity index (χ4v) is 1.49. The molecule has 0 amide bonds. The molecule has 0 aliphatic rings. The van der Waals surface area contributed by atoms with Crippen LogP contribution in [0, 0.1) is 6.92 Å². The van der Waals surface area contributed by atoms with E-state index in [2.05, 4.69) is 20.7 Å². The second kappa shape index (κ2) is 5.27. The standard InChI is InChI=1S/C12H15N5/c1-9-4-2-5-10(15-9)8-14-11-6-3-7-12(16-11)17-13/h2-7H,8,13H2,1H3,(H2,14,16,17). The summed E-state index contributed by atoms with van der Waals surface area (Å²) < 4.78 is 0. The molecule has 0 unspecified atom stereocenters. The van der Waals surface area contributed by atoms with Gasteiger partial charge in [-0.1, -0.05) is 12.1 Å². The second-order valence-corrected chi connectivity index (χ2v) is 3.68. The molecule has 0 aliphatic heterocycles. The zero-order chi connectivity index (χ0) is 12.1. The van der Waals surface area contributed by atoms with Gasteiger partial charge in [-0.25, -0.2) is 10.8 Å². The van der Waals surface area contributed by atoms with Crippen molar-refractivity contribution in [2.24, 2.45) is 5.84 Å². The van der Waals surface area contributed by atoms with Crippen molar-refractivity contribution in [3.63, 3.8) is 0 Å². The van der Waals surface area contributed by atoms with Crippen LogP contribution in [0.25, 0.3) is 0 Å². The molecule has 0 aromatic carbocycles. The first-order valence-corrected chi connectivity index (χ1v) is 5.38. The van der Waals surface area contributed by atoms with E-state index in [1.165, 1.54) is 0 Å². The Morgan fingerprint density at radius 3 is 2.59 bits per heavy atom. The molecule has 0 spiro atoms. The van der Waals surface area contributed by atoms with E-state index in [0.717, 1.165) is 17.2 Å². The Kier molecular flexibility index (Phi) is 3.52. The van der Waals surface area contributed by atoms with Gasteiger partial charge in [0.15, 0.2) is 0 Å². The summed E-state index contributed by atoms with van der Waals surface area (Å²) in [6.07, 6.45) is 0. The predicted molar refractivity (Wildman–Crippen MR) is 68.3 cm³/mol. The third-order valence-electron chi connectivity index (χ3n) is 2.29. The fourth-order valence-electron chi connectivity index (χ4n) is 1.49. The van der Waals surface area contributed by atoms with Crippen LogP contribution >= 0.6 is 0 Å². The molecule has 0 bridgehead atoms. The zero-order valence-corrected chi connectivity index (χ0v) is 9.64. The van der Waals surface area contributed by atoms with Crippen molar-refractivity contribution in [2.75, 3.05) is 10.7 Å². The lowest BCUT2D eigenvalue weighted by Crippen LogP contribution is -2.10. The maximum atomic E-state index is 5.29. The van der Waals surface area contributed by atoms with Crippen molar-refractivity contribution in [3.8, 4) is 0 Å². The van der Waals surface area contributed by atoms with E-state index >= 15 is 0 Å². The third-order valence-corrected chi connectivity index (χ3v) is 2.29. The molecule has 88 valence electrons. The minimum Gasteiger partial charge on any atom is -0.364 e. The molecule has 0 atom stereocenters. The SMILES string of the molecule is Cc1cccc(CNc2cccc(NN)n2)n1. The van der Waals surface area contributed by atoms with E-state index in [4.69, 9.17) is 5.84 Å². The Balaban J connectivity index is 2.02. The van der Waals surface area contributed by atoms with Crippen molar-refractivity contribution < 1.29 is 0 Å². The van der Waals surface area contributed by atoms with Crippen LogP contribution in [0.4, 0.5) is 11.6 Å². The van der Waals surface area contributed by atoms with Gasteiger partial charge in [0.25, 0.3) is 0 Å². The summed E-state index contributed by atoms with van der Waals surface area (Å²) >= 11 is 0. The fraction of sp³-hybridized carbons (Fsp3) is 0.167. The molecule has 2 aromatic heterocycles. The number of nitrogens with two attached hydrogens (primary N) is 1. The normalized spacial score (nSPS) is 10.0. The van der Waals surface area contributed by atoms with Crippen molar-refractivity contribution in [1.82, 2.24) is 9.97 Å². The van der Waals surface area contributed by atoms with Crippen LogP contribution in [-0.4, -0.2) is 9.97 Å². The minimum atomic E-state index is 0.632. The number of aryl methyl sites for hydroxylation is 1. The molecule has 2 aromatic rings. The highest BCUT2D eigenvalue weighted by atomic mass is 15.3. The summed E-state index contributed by atoms with van der Waals surface area (Å²) in [5.41, 5.74) is 4.50. The third kappa shape index (κ3) is 3.15. The average molecular weight is 229 g/mol. The Labute approximate surface area is 100 Å². The lowest BCUT2D eigenvalue weighted by Gasteiger charge is -2.07. The minimum absolute atomic E-state index is 0.632. The highest BCUT2D eigenvalue weighted by Gasteiger charge is 1.98. The highest BCUT2D eigenvalue weighted by molar-refractivity contribution is 5.44. The average Bonchev–Trinajstić information content (AvgIpc) is 2.37. The van der Waals surface area contributed by atoms with Crippen LogP contribution < -0.4 is 16.6 Å². The molecule has 0 fully saturated rings. The van der Waals surface area contributed by atoms with Crippen LogP contribution in [-0.2, 0) is 6.54 Å². The van der Waals surface area contributed by atoms with E-state index in [1.807, 2.05) is 37.3 Å². The number of nitrogens with one attached hydrogen (secondary N) is 2. The summed E-state index contributed by atoms with van der Waals surface area (Å²) in [5, 5.41) is 3.19. The smallest absolute Gasteiger partial charge is 0.142 e. The Morgan fingerprint density at radius 2 is 1.82 bits per heavy atom. The number of pyridine rings is 2. The topological polar surface area (TPSA) is 75.9 Å². The molecular weight excluding hydrogens is 214 g/mol. The van der Waals surface area contributed by atoms with Crippen LogP contribution in [0.5, 0.6) is 0 Å². The molecule has 0 saturated carbocycles. The quantitative estimate of drug-likeness (QED) is 0.549. The lowest BCUT2D eigenvalue weighted by atomic mass is 10.3. The molecule has 2 heterocycles. The maximum Gasteiger partial charge on any atom is 0.142 e. The number of rotatable bonds is 4. The van der Waals surface area contributed by atoms with E-state index in [9.17, 15) is 0 Å². The van der Waals surface area contributed by atoms with E-state index in [-0.39, 0.29) is 0 Å². The maximum absolute atomic E-state index is 5.29. The van der Waals surface area contributed by atoms with Crippen LogP contribution in [0.2, 0.25) is 0 Å². The first-order valence-electron chi connectivity index (χ1n) is 5.38. The molecular formula is C12H15N5. The van der Waals surface area contributed by atoms with Gasteiger partial charge in [0.1, 0.15) is 11.6 Å². The molecule has 0 radical (unpaired) electrons. The Hall–Kier alpha value is -2.14. The van der Waals surface area contributed by atoms with Gasteiger partial charge in [0.2, 0.25) is 0 Å². The predicted octanol–water partition coefficient (Wildman–Crippen LogP) is 1.68. The van der Waals surface area contributed by atoms with Crippen molar-refractivity contribution in [3.05, 3.63) is 47.8 Å². The number of anilines is 2.